The number of aromatic nitrogens is 4. The summed E-state index contributed by atoms with van der Waals surface area (Å²) in [6, 6.07) is 39.8. The van der Waals surface area contributed by atoms with Gasteiger partial charge in [0.25, 0.3) is 6.33 Å². The van der Waals surface area contributed by atoms with Gasteiger partial charge in [-0.15, -0.1) is 29.7 Å². The van der Waals surface area contributed by atoms with E-state index in [1.165, 1.54) is 5.56 Å². The van der Waals surface area contributed by atoms with Gasteiger partial charge in [-0.05, 0) is 91.4 Å². The van der Waals surface area contributed by atoms with E-state index in [0.29, 0.717) is 34.4 Å². The second-order valence-corrected chi connectivity index (χ2v) is 18.2. The van der Waals surface area contributed by atoms with Crippen LogP contribution in [0.5, 0.6) is 11.5 Å². The summed E-state index contributed by atoms with van der Waals surface area (Å²) in [5.74, 6) is 2.33. The van der Waals surface area contributed by atoms with Crippen LogP contribution in [0.2, 0.25) is 0 Å². The van der Waals surface area contributed by atoms with Crippen LogP contribution in [-0.2, 0) is 38.3 Å². The van der Waals surface area contributed by atoms with E-state index in [-0.39, 0.29) is 49.5 Å². The SMILES string of the molecule is [2H]c1c([2H])c([2H])c(-c2cccc(-c3cc(C(C)(C)C)cc(C(C)(C)C)c3)c2-[n+]2[c-]n(-c3[c-]c(Oc4[c-]c5c(cc4)c4ccccc4n5-c4cc(CC(C)C)ccn4)ccc3)cc2)c([2H])c1[2H].[Pt]. The molecule has 314 valence electrons. The Hall–Kier alpha value is -6.03. The molecule has 3 heterocycles. The Bertz CT molecular complexity index is 3280. The van der Waals surface area contributed by atoms with Gasteiger partial charge in [-0.1, -0.05) is 146 Å². The molecule has 0 N–H and O–H groups in total. The van der Waals surface area contributed by atoms with Gasteiger partial charge in [0.2, 0.25) is 0 Å². The molecule has 0 aliphatic heterocycles. The Morgan fingerprint density at radius 1 is 0.726 bits per heavy atom. The van der Waals surface area contributed by atoms with Crippen molar-refractivity contribution in [3.63, 3.8) is 0 Å². The number of benzene rings is 6. The molecule has 62 heavy (non-hydrogen) atoms. The number of para-hydroxylation sites is 2. The van der Waals surface area contributed by atoms with Crippen LogP contribution in [0.3, 0.4) is 0 Å². The number of hydrogen-bond donors (Lipinski definition) is 0. The Kier molecular flexibility index (Phi) is 10.1. The summed E-state index contributed by atoms with van der Waals surface area (Å²) >= 11 is 0. The van der Waals surface area contributed by atoms with Gasteiger partial charge >= 0.3 is 0 Å². The third kappa shape index (κ3) is 8.56. The number of imidazole rings is 1. The minimum absolute atomic E-state index is 0. The molecule has 0 radical (unpaired) electrons. The van der Waals surface area contributed by atoms with Gasteiger partial charge in [-0.3, -0.25) is 4.57 Å². The van der Waals surface area contributed by atoms with Crippen LogP contribution >= 0.6 is 0 Å². The summed E-state index contributed by atoms with van der Waals surface area (Å²) < 4.78 is 55.9. The second-order valence-electron chi connectivity index (χ2n) is 18.2. The Morgan fingerprint density at radius 2 is 1.42 bits per heavy atom. The van der Waals surface area contributed by atoms with Crippen LogP contribution in [-0.4, -0.2) is 14.1 Å². The average molecular weight is 997 g/mol. The summed E-state index contributed by atoms with van der Waals surface area (Å²) in [7, 11) is 0. The number of nitrogens with zero attached hydrogens (tertiary/aromatic N) is 4. The average Bonchev–Trinajstić information content (AvgIpc) is 3.90. The molecule has 0 bridgehead atoms. The van der Waals surface area contributed by atoms with E-state index < -0.39 is 18.1 Å². The molecule has 9 rings (SSSR count). The third-order valence-corrected chi connectivity index (χ3v) is 11.1. The van der Waals surface area contributed by atoms with Gasteiger partial charge in [0, 0.05) is 56.7 Å². The van der Waals surface area contributed by atoms with E-state index in [9.17, 15) is 0 Å². The van der Waals surface area contributed by atoms with Crippen molar-refractivity contribution >= 4 is 21.8 Å². The first-order chi connectivity index (χ1) is 31.4. The van der Waals surface area contributed by atoms with Crippen LogP contribution in [0.25, 0.3) is 61.3 Å². The van der Waals surface area contributed by atoms with Gasteiger partial charge in [0.1, 0.15) is 5.82 Å². The molecular formula is C56H52N4OPt-2. The van der Waals surface area contributed by atoms with Crippen molar-refractivity contribution in [3.8, 4) is 50.9 Å². The predicted molar refractivity (Wildman–Crippen MR) is 249 cm³/mol. The number of pyridine rings is 1. The molecule has 3 aromatic heterocycles. The minimum atomic E-state index is -0.439. The van der Waals surface area contributed by atoms with Gasteiger partial charge in [-0.25, -0.2) is 4.98 Å². The first kappa shape index (κ1) is 36.6. The monoisotopic (exact) mass is 996 g/mol. The Morgan fingerprint density at radius 3 is 2.15 bits per heavy atom. The molecule has 5 nitrogen and oxygen atoms in total. The maximum absolute atomic E-state index is 9.03. The molecule has 0 unspecified atom stereocenters. The fraction of sp³-hybridized carbons (Fsp3) is 0.214. The van der Waals surface area contributed by atoms with Crippen molar-refractivity contribution in [2.45, 2.75) is 72.6 Å². The van der Waals surface area contributed by atoms with E-state index in [4.69, 9.17) is 16.6 Å². The van der Waals surface area contributed by atoms with E-state index >= 15 is 0 Å². The van der Waals surface area contributed by atoms with Crippen LogP contribution in [0, 0.1) is 24.4 Å². The zero-order valence-corrected chi connectivity index (χ0v) is 38.6. The summed E-state index contributed by atoms with van der Waals surface area (Å²) in [4.78, 5) is 4.81. The van der Waals surface area contributed by atoms with E-state index in [1.807, 2.05) is 82.3 Å². The fourth-order valence-electron chi connectivity index (χ4n) is 7.95. The molecule has 0 aliphatic rings. The molecule has 6 heteroatoms. The molecule has 0 saturated carbocycles. The summed E-state index contributed by atoms with van der Waals surface area (Å²) in [6.07, 6.45) is 10.0. The van der Waals surface area contributed by atoms with Gasteiger partial charge in [0.15, 0.2) is 0 Å². The Balaban J connectivity index is 0.00000608. The summed E-state index contributed by atoms with van der Waals surface area (Å²) in [6.45, 7) is 17.6. The smallest absolute Gasteiger partial charge is 0.267 e. The third-order valence-electron chi connectivity index (χ3n) is 11.1. The summed E-state index contributed by atoms with van der Waals surface area (Å²) in [5, 5.41) is 2.14. The molecule has 0 saturated heterocycles. The maximum atomic E-state index is 9.03. The Labute approximate surface area is 388 Å². The fourth-order valence-corrected chi connectivity index (χ4v) is 7.95. The molecule has 0 atom stereocenters. The van der Waals surface area contributed by atoms with Crippen molar-refractivity contribution < 1.29 is 37.2 Å². The zero-order valence-electron chi connectivity index (χ0n) is 41.3. The first-order valence-corrected chi connectivity index (χ1v) is 20.9. The molecule has 0 aliphatic carbocycles. The van der Waals surface area contributed by atoms with Crippen LogP contribution in [0.4, 0.5) is 0 Å². The van der Waals surface area contributed by atoms with Gasteiger partial charge in [-0.2, -0.15) is 18.2 Å². The van der Waals surface area contributed by atoms with Crippen molar-refractivity contribution in [2.75, 3.05) is 0 Å². The molecule has 9 aromatic rings. The number of hydrogen-bond acceptors (Lipinski definition) is 2. The van der Waals surface area contributed by atoms with Crippen molar-refractivity contribution in [1.29, 1.82) is 0 Å². The second kappa shape index (κ2) is 17.0. The van der Waals surface area contributed by atoms with Crippen LogP contribution in [0.15, 0.2) is 152 Å². The molecule has 0 fully saturated rings. The predicted octanol–water partition coefficient (Wildman–Crippen LogP) is 13.6. The summed E-state index contributed by atoms with van der Waals surface area (Å²) in [5.41, 5.74) is 8.74. The van der Waals surface area contributed by atoms with E-state index in [1.54, 1.807) is 0 Å². The van der Waals surface area contributed by atoms with Crippen LogP contribution in [0.1, 0.15) is 78.9 Å². The number of rotatable bonds is 9. The molecule has 0 amide bonds. The van der Waals surface area contributed by atoms with E-state index in [2.05, 4.69) is 127 Å². The van der Waals surface area contributed by atoms with Crippen molar-refractivity contribution in [2.24, 2.45) is 5.92 Å². The number of ether oxygens (including phenoxy) is 1. The minimum Gasteiger partial charge on any atom is -0.510 e. The van der Waals surface area contributed by atoms with Crippen LogP contribution < -0.4 is 9.30 Å². The first-order valence-electron chi connectivity index (χ1n) is 23.4. The normalized spacial score (nSPS) is 13.1. The number of fused-ring (bicyclic) bond motifs is 3. The molecular weight excluding hydrogens is 940 g/mol. The standard InChI is InChI=1S/C56H52N4O.Pt/c1-38(2)30-39-26-27-57-53(31-39)60-51-23-13-12-20-49(51)50-25-24-46(36-52(50)60)61-45-19-14-18-44(35-45)58-28-29-59(37-58)54-47(40-16-10-9-11-17-40)21-15-22-48(54)41-32-42(55(3,4)5)34-43(33-41)56(6,7)8;/h9-29,31-34,38H,30H2,1-8H3;/q-2;/i9D,10D,11D,16D,17D;. The quantitative estimate of drug-likeness (QED) is 0.107. The van der Waals surface area contributed by atoms with Crippen molar-refractivity contribution in [3.05, 3.63) is 187 Å². The van der Waals surface area contributed by atoms with Gasteiger partial charge in [0.05, 0.1) is 12.5 Å². The largest absolute Gasteiger partial charge is 0.510 e. The zero-order chi connectivity index (χ0) is 46.8. The van der Waals surface area contributed by atoms with Crippen molar-refractivity contribution in [1.82, 2.24) is 14.1 Å². The maximum Gasteiger partial charge on any atom is 0.267 e. The van der Waals surface area contributed by atoms with E-state index in [0.717, 1.165) is 56.3 Å². The molecule has 6 aromatic carbocycles. The molecule has 0 spiro atoms. The van der Waals surface area contributed by atoms with Gasteiger partial charge < -0.3 is 13.9 Å². The topological polar surface area (TPSA) is 35.9 Å².